The number of hydrogen-bond acceptors (Lipinski definition) is 4. The van der Waals surface area contributed by atoms with Crippen LogP contribution in [0.1, 0.15) is 25.7 Å². The van der Waals surface area contributed by atoms with Gasteiger partial charge in [0.1, 0.15) is 0 Å². The van der Waals surface area contributed by atoms with E-state index in [9.17, 15) is 9.59 Å². The van der Waals surface area contributed by atoms with Crippen molar-refractivity contribution in [1.82, 2.24) is 15.5 Å². The van der Waals surface area contributed by atoms with Crippen LogP contribution in [-0.4, -0.2) is 56.5 Å². The van der Waals surface area contributed by atoms with E-state index < -0.39 is 0 Å². The summed E-state index contributed by atoms with van der Waals surface area (Å²) in [5.74, 6) is 0.260. The second kappa shape index (κ2) is 8.87. The van der Waals surface area contributed by atoms with Crippen molar-refractivity contribution in [2.45, 2.75) is 25.7 Å². The Morgan fingerprint density at radius 1 is 1.42 bits per heavy atom. The van der Waals surface area contributed by atoms with E-state index in [-0.39, 0.29) is 17.7 Å². The third-order valence-corrected chi connectivity index (χ3v) is 3.48. The average molecular weight is 270 g/mol. The van der Waals surface area contributed by atoms with E-state index in [4.69, 9.17) is 5.73 Å². The van der Waals surface area contributed by atoms with Gasteiger partial charge in [-0.3, -0.25) is 9.59 Å². The number of nitrogens with zero attached hydrogens (tertiary/aromatic N) is 1. The maximum atomic E-state index is 11.9. The van der Waals surface area contributed by atoms with Gasteiger partial charge in [-0.15, -0.1) is 0 Å². The van der Waals surface area contributed by atoms with E-state index in [0.717, 1.165) is 38.9 Å². The second-order valence-corrected chi connectivity index (χ2v) is 5.00. The molecule has 110 valence electrons. The van der Waals surface area contributed by atoms with Gasteiger partial charge in [0.15, 0.2) is 0 Å². The second-order valence-electron chi connectivity index (χ2n) is 5.00. The molecular formula is C13H26N4O2. The smallest absolute Gasteiger partial charge is 0.224 e. The molecule has 19 heavy (non-hydrogen) atoms. The van der Waals surface area contributed by atoms with Crippen LogP contribution in [0.15, 0.2) is 0 Å². The zero-order chi connectivity index (χ0) is 14.1. The van der Waals surface area contributed by atoms with Crippen LogP contribution >= 0.6 is 0 Å². The lowest BCUT2D eigenvalue weighted by atomic mass is 9.97. The molecule has 1 fully saturated rings. The standard InChI is InChI=1S/C13H26N4O2/c1-15-12(18)5-3-9-17-8-2-4-11(10-17)13(19)16-7-6-14/h11H,2-10,14H2,1H3,(H,15,18)(H,16,19). The third-order valence-electron chi connectivity index (χ3n) is 3.48. The van der Waals surface area contributed by atoms with Crippen molar-refractivity contribution >= 4 is 11.8 Å². The predicted octanol–water partition coefficient (Wildman–Crippen LogP) is -0.700. The highest BCUT2D eigenvalue weighted by Gasteiger charge is 2.25. The van der Waals surface area contributed by atoms with E-state index in [0.29, 0.717) is 19.5 Å². The summed E-state index contributed by atoms with van der Waals surface area (Å²) in [6, 6.07) is 0. The molecule has 1 heterocycles. The van der Waals surface area contributed by atoms with E-state index in [1.807, 2.05) is 0 Å². The first-order valence-corrected chi connectivity index (χ1v) is 7.08. The normalized spacial score (nSPS) is 20.0. The number of carbonyl (C=O) groups excluding carboxylic acids is 2. The molecule has 6 heteroatoms. The van der Waals surface area contributed by atoms with Gasteiger partial charge in [0.2, 0.25) is 11.8 Å². The number of amides is 2. The molecule has 1 aliphatic heterocycles. The van der Waals surface area contributed by atoms with Crippen molar-refractivity contribution < 1.29 is 9.59 Å². The Balaban J connectivity index is 2.25. The molecule has 1 aliphatic rings. The van der Waals surface area contributed by atoms with Crippen LogP contribution in [0.4, 0.5) is 0 Å². The molecule has 1 rings (SSSR count). The lowest BCUT2D eigenvalue weighted by molar-refractivity contribution is -0.127. The Hall–Kier alpha value is -1.14. The first kappa shape index (κ1) is 15.9. The fraction of sp³-hybridized carbons (Fsp3) is 0.846. The van der Waals surface area contributed by atoms with Crippen LogP contribution < -0.4 is 16.4 Å². The van der Waals surface area contributed by atoms with Crippen molar-refractivity contribution in [2.75, 3.05) is 39.8 Å². The monoisotopic (exact) mass is 270 g/mol. The maximum Gasteiger partial charge on any atom is 0.224 e. The lowest BCUT2D eigenvalue weighted by Gasteiger charge is -2.31. The first-order chi connectivity index (χ1) is 9.17. The van der Waals surface area contributed by atoms with Gasteiger partial charge in [0.25, 0.3) is 0 Å². The predicted molar refractivity (Wildman–Crippen MR) is 74.5 cm³/mol. The van der Waals surface area contributed by atoms with Gasteiger partial charge < -0.3 is 21.3 Å². The molecule has 0 bridgehead atoms. The molecule has 0 radical (unpaired) electrons. The SMILES string of the molecule is CNC(=O)CCCN1CCCC(C(=O)NCCN)C1. The highest BCUT2D eigenvalue weighted by Crippen LogP contribution is 2.16. The summed E-state index contributed by atoms with van der Waals surface area (Å²) in [6.07, 6.45) is 3.39. The Morgan fingerprint density at radius 2 is 2.21 bits per heavy atom. The van der Waals surface area contributed by atoms with Crippen molar-refractivity contribution in [3.63, 3.8) is 0 Å². The van der Waals surface area contributed by atoms with Crippen LogP contribution in [-0.2, 0) is 9.59 Å². The van der Waals surface area contributed by atoms with Crippen molar-refractivity contribution in [3.05, 3.63) is 0 Å². The number of carbonyl (C=O) groups is 2. The van der Waals surface area contributed by atoms with Crippen molar-refractivity contribution in [3.8, 4) is 0 Å². The molecule has 0 aromatic carbocycles. The van der Waals surface area contributed by atoms with E-state index in [1.165, 1.54) is 0 Å². The van der Waals surface area contributed by atoms with Gasteiger partial charge >= 0.3 is 0 Å². The molecule has 0 aromatic rings. The molecule has 1 atom stereocenters. The van der Waals surface area contributed by atoms with Gasteiger partial charge in [0.05, 0.1) is 5.92 Å². The summed E-state index contributed by atoms with van der Waals surface area (Å²) in [7, 11) is 1.65. The summed E-state index contributed by atoms with van der Waals surface area (Å²) < 4.78 is 0. The molecule has 0 saturated carbocycles. The number of nitrogens with two attached hydrogens (primary N) is 1. The van der Waals surface area contributed by atoms with E-state index in [1.54, 1.807) is 7.05 Å². The molecule has 0 spiro atoms. The number of nitrogens with one attached hydrogen (secondary N) is 2. The van der Waals surface area contributed by atoms with E-state index in [2.05, 4.69) is 15.5 Å². The fourth-order valence-corrected chi connectivity index (χ4v) is 2.40. The largest absolute Gasteiger partial charge is 0.359 e. The zero-order valence-corrected chi connectivity index (χ0v) is 11.8. The van der Waals surface area contributed by atoms with Crippen LogP contribution in [0, 0.1) is 5.92 Å². The Bertz CT molecular complexity index is 296. The molecule has 1 unspecified atom stereocenters. The summed E-state index contributed by atoms with van der Waals surface area (Å²) >= 11 is 0. The number of hydrogen-bond donors (Lipinski definition) is 3. The van der Waals surface area contributed by atoms with Gasteiger partial charge in [-0.05, 0) is 32.4 Å². The molecule has 6 nitrogen and oxygen atoms in total. The molecular weight excluding hydrogens is 244 g/mol. The summed E-state index contributed by atoms with van der Waals surface area (Å²) in [5, 5.41) is 5.47. The van der Waals surface area contributed by atoms with Gasteiger partial charge in [-0.25, -0.2) is 0 Å². The van der Waals surface area contributed by atoms with E-state index >= 15 is 0 Å². The van der Waals surface area contributed by atoms with Gasteiger partial charge in [-0.1, -0.05) is 0 Å². The topological polar surface area (TPSA) is 87.5 Å². The highest BCUT2D eigenvalue weighted by atomic mass is 16.2. The molecule has 0 aromatic heterocycles. The van der Waals surface area contributed by atoms with Crippen LogP contribution in [0.5, 0.6) is 0 Å². The minimum absolute atomic E-state index is 0.0697. The molecule has 4 N–H and O–H groups in total. The number of likely N-dealkylation sites (tertiary alicyclic amines) is 1. The minimum atomic E-state index is 0.0697. The van der Waals surface area contributed by atoms with Crippen LogP contribution in [0.3, 0.4) is 0 Å². The lowest BCUT2D eigenvalue weighted by Crippen LogP contribution is -2.44. The zero-order valence-electron chi connectivity index (χ0n) is 11.8. The number of piperidine rings is 1. The van der Waals surface area contributed by atoms with Crippen molar-refractivity contribution in [2.24, 2.45) is 11.7 Å². The van der Waals surface area contributed by atoms with Gasteiger partial charge in [-0.2, -0.15) is 0 Å². The minimum Gasteiger partial charge on any atom is -0.359 e. The Labute approximate surface area is 115 Å². The number of rotatable bonds is 7. The van der Waals surface area contributed by atoms with Gasteiger partial charge in [0, 0.05) is 33.1 Å². The molecule has 1 saturated heterocycles. The average Bonchev–Trinajstić information content (AvgIpc) is 2.44. The molecule has 2 amide bonds. The Morgan fingerprint density at radius 3 is 2.89 bits per heavy atom. The third kappa shape index (κ3) is 6.02. The fourth-order valence-electron chi connectivity index (χ4n) is 2.40. The summed E-state index contributed by atoms with van der Waals surface area (Å²) in [4.78, 5) is 25.3. The first-order valence-electron chi connectivity index (χ1n) is 7.08. The summed E-state index contributed by atoms with van der Waals surface area (Å²) in [5.41, 5.74) is 5.38. The quantitative estimate of drug-likeness (QED) is 0.571. The maximum absolute atomic E-state index is 11.9. The highest BCUT2D eigenvalue weighted by molar-refractivity contribution is 5.79. The molecule has 0 aliphatic carbocycles. The Kier molecular flexibility index (Phi) is 7.43. The van der Waals surface area contributed by atoms with Crippen LogP contribution in [0.2, 0.25) is 0 Å². The summed E-state index contributed by atoms with van der Waals surface area (Å²) in [6.45, 7) is 3.73. The van der Waals surface area contributed by atoms with Crippen molar-refractivity contribution in [1.29, 1.82) is 0 Å². The van der Waals surface area contributed by atoms with Crippen LogP contribution in [0.25, 0.3) is 0 Å².